The van der Waals surface area contributed by atoms with Crippen LogP contribution in [0.2, 0.25) is 0 Å². The van der Waals surface area contributed by atoms with Gasteiger partial charge in [0.25, 0.3) is 0 Å². The molecule has 0 rings (SSSR count). The van der Waals surface area contributed by atoms with E-state index in [-0.39, 0.29) is 12.4 Å². The molecule has 76 valence electrons. The van der Waals surface area contributed by atoms with Crippen molar-refractivity contribution in [2.24, 2.45) is 0 Å². The molecule has 0 unspecified atom stereocenters. The quantitative estimate of drug-likeness (QED) is 0.423. The molecular weight excluding hydrogens is 172 g/mol. The molecule has 0 aromatic rings. The van der Waals surface area contributed by atoms with Gasteiger partial charge in [0.1, 0.15) is 0 Å². The second-order valence-corrected chi connectivity index (χ2v) is 2.74. The maximum Gasteiger partial charge on any atom is 0.305 e. The number of hydrogen-bond donors (Lipinski definition) is 0. The number of carboxylic acids is 1. The molecule has 0 aromatic heterocycles. The SMILES string of the molecule is CCOC(=O)CCCCCC(=O)[O-]. The first-order valence-electron chi connectivity index (χ1n) is 4.52. The van der Waals surface area contributed by atoms with Crippen molar-refractivity contribution in [3.05, 3.63) is 0 Å². The van der Waals surface area contributed by atoms with Crippen molar-refractivity contribution in [2.45, 2.75) is 39.0 Å². The number of ether oxygens (including phenoxy) is 1. The molecule has 4 heteroatoms. The summed E-state index contributed by atoms with van der Waals surface area (Å²) >= 11 is 0. The summed E-state index contributed by atoms with van der Waals surface area (Å²) in [6.45, 7) is 2.16. The molecule has 0 saturated heterocycles. The van der Waals surface area contributed by atoms with Crippen LogP contribution in [0.1, 0.15) is 39.0 Å². The van der Waals surface area contributed by atoms with Crippen molar-refractivity contribution in [2.75, 3.05) is 6.61 Å². The van der Waals surface area contributed by atoms with Gasteiger partial charge in [0.2, 0.25) is 0 Å². The van der Waals surface area contributed by atoms with E-state index in [1.807, 2.05) is 0 Å². The van der Waals surface area contributed by atoms with Crippen LogP contribution in [0.4, 0.5) is 0 Å². The molecule has 0 atom stereocenters. The highest BCUT2D eigenvalue weighted by molar-refractivity contribution is 5.69. The van der Waals surface area contributed by atoms with E-state index < -0.39 is 5.97 Å². The standard InChI is InChI=1S/C9H16O4/c1-2-13-9(12)7-5-3-4-6-8(10)11/h2-7H2,1H3,(H,10,11)/p-1. The lowest BCUT2D eigenvalue weighted by Gasteiger charge is -2.02. The number of carbonyl (C=O) groups excluding carboxylic acids is 2. The van der Waals surface area contributed by atoms with Gasteiger partial charge in [0.05, 0.1) is 6.61 Å². The van der Waals surface area contributed by atoms with Crippen LogP contribution >= 0.6 is 0 Å². The Bertz CT molecular complexity index is 165. The summed E-state index contributed by atoms with van der Waals surface area (Å²) in [4.78, 5) is 20.8. The van der Waals surface area contributed by atoms with Crippen molar-refractivity contribution < 1.29 is 19.4 Å². The van der Waals surface area contributed by atoms with Crippen LogP contribution in [0, 0.1) is 0 Å². The van der Waals surface area contributed by atoms with Gasteiger partial charge in [-0.2, -0.15) is 0 Å². The smallest absolute Gasteiger partial charge is 0.305 e. The molecule has 0 aliphatic heterocycles. The Kier molecular flexibility index (Phi) is 6.96. The van der Waals surface area contributed by atoms with Crippen LogP contribution in [0.3, 0.4) is 0 Å². The molecule has 0 aromatic carbocycles. The van der Waals surface area contributed by atoms with Crippen LogP contribution in [-0.2, 0) is 14.3 Å². The Labute approximate surface area is 77.9 Å². The zero-order valence-corrected chi connectivity index (χ0v) is 7.88. The van der Waals surface area contributed by atoms with E-state index >= 15 is 0 Å². The highest BCUT2D eigenvalue weighted by Crippen LogP contribution is 2.03. The van der Waals surface area contributed by atoms with Gasteiger partial charge < -0.3 is 14.6 Å². The van der Waals surface area contributed by atoms with Gasteiger partial charge in [-0.15, -0.1) is 0 Å². The van der Waals surface area contributed by atoms with Crippen LogP contribution < -0.4 is 5.11 Å². The minimum Gasteiger partial charge on any atom is -0.550 e. The fourth-order valence-electron chi connectivity index (χ4n) is 0.949. The second-order valence-electron chi connectivity index (χ2n) is 2.74. The van der Waals surface area contributed by atoms with Gasteiger partial charge in [0.15, 0.2) is 0 Å². The fraction of sp³-hybridized carbons (Fsp3) is 0.778. The zero-order valence-electron chi connectivity index (χ0n) is 7.88. The summed E-state index contributed by atoms with van der Waals surface area (Å²) in [5, 5.41) is 10.00. The van der Waals surface area contributed by atoms with E-state index in [1.165, 1.54) is 0 Å². The Hall–Kier alpha value is -1.06. The number of carbonyl (C=O) groups is 2. The molecule has 0 heterocycles. The molecule has 0 amide bonds. The number of hydrogen-bond acceptors (Lipinski definition) is 4. The molecule has 0 N–H and O–H groups in total. The predicted octanol–water partition coefficient (Wildman–Crippen LogP) is 0.250. The minimum atomic E-state index is -1.03. The van der Waals surface area contributed by atoms with Gasteiger partial charge in [-0.05, 0) is 26.2 Å². The van der Waals surface area contributed by atoms with E-state index in [2.05, 4.69) is 0 Å². The zero-order chi connectivity index (χ0) is 10.1. The normalized spacial score (nSPS) is 9.62. The number of aliphatic carboxylic acids is 1. The van der Waals surface area contributed by atoms with E-state index in [4.69, 9.17) is 4.74 Å². The highest BCUT2D eigenvalue weighted by Gasteiger charge is 2.00. The molecule has 13 heavy (non-hydrogen) atoms. The van der Waals surface area contributed by atoms with E-state index in [0.717, 1.165) is 6.42 Å². The first-order chi connectivity index (χ1) is 6.16. The van der Waals surface area contributed by atoms with Gasteiger partial charge in [-0.1, -0.05) is 6.42 Å². The monoisotopic (exact) mass is 187 g/mol. The molecule has 0 aliphatic rings. The van der Waals surface area contributed by atoms with E-state index in [0.29, 0.717) is 25.9 Å². The molecular formula is C9H15O4-. The Morgan fingerprint density at radius 3 is 2.31 bits per heavy atom. The Morgan fingerprint density at radius 2 is 1.77 bits per heavy atom. The van der Waals surface area contributed by atoms with Crippen molar-refractivity contribution in [3.63, 3.8) is 0 Å². The summed E-state index contributed by atoms with van der Waals surface area (Å²) < 4.78 is 4.70. The highest BCUT2D eigenvalue weighted by atomic mass is 16.5. The Balaban J connectivity index is 3.16. The number of carboxylic acid groups (broad SMARTS) is 1. The van der Waals surface area contributed by atoms with Gasteiger partial charge in [-0.3, -0.25) is 4.79 Å². The van der Waals surface area contributed by atoms with Crippen molar-refractivity contribution in [3.8, 4) is 0 Å². The van der Waals surface area contributed by atoms with E-state index in [9.17, 15) is 14.7 Å². The van der Waals surface area contributed by atoms with Crippen molar-refractivity contribution in [1.29, 1.82) is 0 Å². The molecule has 0 aliphatic carbocycles. The number of unbranched alkanes of at least 4 members (excludes halogenated alkanes) is 2. The third kappa shape index (κ3) is 8.85. The van der Waals surface area contributed by atoms with Crippen LogP contribution in [0.25, 0.3) is 0 Å². The molecule has 0 fully saturated rings. The first-order valence-corrected chi connectivity index (χ1v) is 4.52. The van der Waals surface area contributed by atoms with Gasteiger partial charge >= 0.3 is 5.97 Å². The van der Waals surface area contributed by atoms with Gasteiger partial charge in [0, 0.05) is 12.4 Å². The maximum absolute atomic E-state index is 10.8. The summed E-state index contributed by atoms with van der Waals surface area (Å²) in [6, 6.07) is 0. The lowest BCUT2D eigenvalue weighted by molar-refractivity contribution is -0.305. The molecule has 0 bridgehead atoms. The largest absolute Gasteiger partial charge is 0.550 e. The average Bonchev–Trinajstić information content (AvgIpc) is 2.03. The summed E-state index contributed by atoms with van der Waals surface area (Å²) in [7, 11) is 0. The first kappa shape index (κ1) is 11.9. The number of rotatable bonds is 7. The van der Waals surface area contributed by atoms with Crippen molar-refractivity contribution >= 4 is 11.9 Å². The molecule has 4 nitrogen and oxygen atoms in total. The lowest BCUT2D eigenvalue weighted by Crippen LogP contribution is -2.21. The average molecular weight is 187 g/mol. The fourth-order valence-corrected chi connectivity index (χ4v) is 0.949. The van der Waals surface area contributed by atoms with E-state index in [1.54, 1.807) is 6.92 Å². The topological polar surface area (TPSA) is 66.4 Å². The third-order valence-corrected chi connectivity index (χ3v) is 1.57. The maximum atomic E-state index is 10.8. The summed E-state index contributed by atoms with van der Waals surface area (Å²) in [5.41, 5.74) is 0. The lowest BCUT2D eigenvalue weighted by atomic mass is 10.1. The van der Waals surface area contributed by atoms with Crippen LogP contribution in [0.15, 0.2) is 0 Å². The molecule has 0 radical (unpaired) electrons. The van der Waals surface area contributed by atoms with Crippen LogP contribution in [-0.4, -0.2) is 18.5 Å². The summed E-state index contributed by atoms with van der Waals surface area (Å²) in [6.07, 6.45) is 2.43. The minimum absolute atomic E-state index is 0.0722. The number of esters is 1. The van der Waals surface area contributed by atoms with Crippen LogP contribution in [0.5, 0.6) is 0 Å². The Morgan fingerprint density at radius 1 is 1.15 bits per heavy atom. The molecule has 0 saturated carbocycles. The van der Waals surface area contributed by atoms with Crippen molar-refractivity contribution in [1.82, 2.24) is 0 Å². The summed E-state index contributed by atoms with van der Waals surface area (Å²) in [5.74, 6) is -1.24. The molecule has 0 spiro atoms. The third-order valence-electron chi connectivity index (χ3n) is 1.57. The second kappa shape index (κ2) is 7.58. The predicted molar refractivity (Wildman–Crippen MR) is 44.7 cm³/mol. The van der Waals surface area contributed by atoms with Gasteiger partial charge in [-0.25, -0.2) is 0 Å².